The molecular formula is C24H27NO9. The molecular weight excluding hydrogens is 446 g/mol. The maximum atomic E-state index is 12.0. The Morgan fingerprint density at radius 3 is 2.12 bits per heavy atom. The van der Waals surface area contributed by atoms with Gasteiger partial charge in [0, 0.05) is 27.7 Å². The zero-order chi connectivity index (χ0) is 24.8. The number of fused-ring (bicyclic) bond motifs is 1. The molecule has 0 unspecified atom stereocenters. The number of hydrogen-bond donors (Lipinski definition) is 1. The van der Waals surface area contributed by atoms with Crippen LogP contribution in [0.3, 0.4) is 0 Å². The lowest BCUT2D eigenvalue weighted by atomic mass is 9.96. The van der Waals surface area contributed by atoms with E-state index in [1.807, 2.05) is 30.3 Å². The van der Waals surface area contributed by atoms with Crippen molar-refractivity contribution >= 4 is 34.6 Å². The molecule has 1 aliphatic heterocycles. The van der Waals surface area contributed by atoms with E-state index in [1.165, 1.54) is 27.7 Å². The molecule has 0 bridgehead atoms. The summed E-state index contributed by atoms with van der Waals surface area (Å²) in [6, 6.07) is 12.0. The summed E-state index contributed by atoms with van der Waals surface area (Å²) in [7, 11) is 0. The third-order valence-electron chi connectivity index (χ3n) is 5.04. The maximum absolute atomic E-state index is 12.0. The molecule has 1 saturated heterocycles. The lowest BCUT2D eigenvalue weighted by Crippen LogP contribution is -2.67. The van der Waals surface area contributed by atoms with Gasteiger partial charge in [-0.25, -0.2) is 0 Å². The first-order chi connectivity index (χ1) is 16.1. The Labute approximate surface area is 196 Å². The maximum Gasteiger partial charge on any atom is 0.303 e. The number of carbonyl (C=O) groups excluding carboxylic acids is 4. The first-order valence-electron chi connectivity index (χ1n) is 10.7. The highest BCUT2D eigenvalue weighted by Crippen LogP contribution is 2.30. The van der Waals surface area contributed by atoms with E-state index in [0.717, 1.165) is 10.8 Å². The lowest BCUT2D eigenvalue weighted by Gasteiger charge is -2.44. The fourth-order valence-corrected chi connectivity index (χ4v) is 3.77. The summed E-state index contributed by atoms with van der Waals surface area (Å²) >= 11 is 0. The van der Waals surface area contributed by atoms with Crippen LogP contribution >= 0.6 is 0 Å². The van der Waals surface area contributed by atoms with Crippen molar-refractivity contribution in [3.63, 3.8) is 0 Å². The summed E-state index contributed by atoms with van der Waals surface area (Å²) in [5, 5.41) is 4.58. The number of nitrogens with one attached hydrogen (secondary N) is 1. The molecule has 0 spiro atoms. The quantitative estimate of drug-likeness (QED) is 0.474. The molecule has 5 atom stereocenters. The zero-order valence-corrected chi connectivity index (χ0v) is 19.3. The van der Waals surface area contributed by atoms with Gasteiger partial charge in [0.15, 0.2) is 12.2 Å². The Morgan fingerprint density at radius 2 is 1.50 bits per heavy atom. The number of hydrogen-bond acceptors (Lipinski definition) is 9. The predicted molar refractivity (Wildman–Crippen MR) is 119 cm³/mol. The lowest BCUT2D eigenvalue weighted by molar-refractivity contribution is -0.257. The average Bonchev–Trinajstić information content (AvgIpc) is 2.75. The number of benzene rings is 2. The fraction of sp³-hybridized carbons (Fsp3) is 0.417. The second-order valence-corrected chi connectivity index (χ2v) is 7.85. The molecule has 10 nitrogen and oxygen atoms in total. The highest BCUT2D eigenvalue weighted by molar-refractivity contribution is 5.83. The van der Waals surface area contributed by atoms with E-state index in [1.54, 1.807) is 12.1 Å². The smallest absolute Gasteiger partial charge is 0.303 e. The molecule has 1 aliphatic rings. The highest BCUT2D eigenvalue weighted by Gasteiger charge is 2.51. The van der Waals surface area contributed by atoms with Gasteiger partial charge < -0.3 is 29.0 Å². The number of esters is 3. The molecule has 1 amide bonds. The second-order valence-electron chi connectivity index (χ2n) is 7.85. The van der Waals surface area contributed by atoms with Crippen molar-refractivity contribution in [2.75, 3.05) is 6.61 Å². The third kappa shape index (κ3) is 6.44. The van der Waals surface area contributed by atoms with Crippen LogP contribution in [0.5, 0.6) is 5.75 Å². The summed E-state index contributed by atoms with van der Waals surface area (Å²) in [6.07, 6.45) is -4.55. The van der Waals surface area contributed by atoms with Crippen LogP contribution in [0.4, 0.5) is 0 Å². The minimum atomic E-state index is -1.18. The van der Waals surface area contributed by atoms with Gasteiger partial charge in [-0.15, -0.1) is 0 Å². The van der Waals surface area contributed by atoms with Crippen molar-refractivity contribution in [2.45, 2.75) is 58.3 Å². The van der Waals surface area contributed by atoms with E-state index >= 15 is 0 Å². The molecule has 2 aromatic carbocycles. The summed E-state index contributed by atoms with van der Waals surface area (Å²) in [5.74, 6) is -1.94. The summed E-state index contributed by atoms with van der Waals surface area (Å²) in [4.78, 5) is 47.1. The molecule has 0 radical (unpaired) electrons. The molecule has 34 heavy (non-hydrogen) atoms. The molecule has 182 valence electrons. The number of carbonyl (C=O) groups is 4. The minimum Gasteiger partial charge on any atom is -0.463 e. The van der Waals surface area contributed by atoms with E-state index in [2.05, 4.69) is 5.32 Å². The normalized spacial score (nSPS) is 24.1. The monoisotopic (exact) mass is 473 g/mol. The first-order valence-corrected chi connectivity index (χ1v) is 10.7. The van der Waals surface area contributed by atoms with Crippen molar-refractivity contribution in [1.82, 2.24) is 5.32 Å². The van der Waals surface area contributed by atoms with Crippen molar-refractivity contribution < 1.29 is 42.9 Å². The van der Waals surface area contributed by atoms with E-state index in [-0.39, 0.29) is 6.61 Å². The predicted octanol–water partition coefficient (Wildman–Crippen LogP) is 1.87. The molecule has 0 aliphatic carbocycles. The molecule has 3 rings (SSSR count). The van der Waals surface area contributed by atoms with Gasteiger partial charge in [-0.3, -0.25) is 19.2 Å². The van der Waals surface area contributed by atoms with Gasteiger partial charge in [0.1, 0.15) is 24.5 Å². The first kappa shape index (κ1) is 25.0. The number of rotatable bonds is 7. The van der Waals surface area contributed by atoms with Crippen LogP contribution in [0, 0.1) is 0 Å². The van der Waals surface area contributed by atoms with E-state index in [4.69, 9.17) is 23.7 Å². The van der Waals surface area contributed by atoms with Gasteiger partial charge in [-0.05, 0) is 22.9 Å². The zero-order valence-electron chi connectivity index (χ0n) is 19.3. The molecule has 1 fully saturated rings. The van der Waals surface area contributed by atoms with Crippen LogP contribution in [0.15, 0.2) is 42.5 Å². The second kappa shape index (κ2) is 11.0. The molecule has 2 aromatic rings. The Hall–Kier alpha value is -3.66. The van der Waals surface area contributed by atoms with Gasteiger partial charge in [0.2, 0.25) is 12.2 Å². The van der Waals surface area contributed by atoms with Gasteiger partial charge in [-0.2, -0.15) is 0 Å². The van der Waals surface area contributed by atoms with Crippen molar-refractivity contribution in [1.29, 1.82) is 0 Å². The topological polar surface area (TPSA) is 126 Å². The van der Waals surface area contributed by atoms with Gasteiger partial charge >= 0.3 is 17.9 Å². The van der Waals surface area contributed by atoms with Crippen LogP contribution in [0.1, 0.15) is 27.7 Å². The Balaban J connectivity index is 1.98. The van der Waals surface area contributed by atoms with Crippen LogP contribution in [0.25, 0.3) is 10.8 Å². The Morgan fingerprint density at radius 1 is 0.853 bits per heavy atom. The summed E-state index contributed by atoms with van der Waals surface area (Å²) < 4.78 is 28.0. The molecule has 0 aromatic heterocycles. The Kier molecular flexibility index (Phi) is 8.06. The minimum absolute atomic E-state index is 0.296. The van der Waals surface area contributed by atoms with Crippen LogP contribution < -0.4 is 10.1 Å². The standard InChI is InChI=1S/C24H27NO9/c1-13(26)25-21-23(32-16(4)29)22(31-15(3)28)20(12-30-14(2)27)34-24(21)33-19-10-9-17-7-5-6-8-18(17)11-19/h5-11,20-24H,12H2,1-4H3,(H,25,26)/t20-,21+,22+,23-,24-/m1/s1. The van der Waals surface area contributed by atoms with E-state index in [9.17, 15) is 19.2 Å². The van der Waals surface area contributed by atoms with Crippen molar-refractivity contribution in [2.24, 2.45) is 0 Å². The van der Waals surface area contributed by atoms with Crippen molar-refractivity contribution in [3.8, 4) is 5.75 Å². The van der Waals surface area contributed by atoms with Gasteiger partial charge in [0.25, 0.3) is 0 Å². The van der Waals surface area contributed by atoms with Gasteiger partial charge in [0.05, 0.1) is 0 Å². The summed E-state index contributed by atoms with van der Waals surface area (Å²) in [6.45, 7) is 4.57. The third-order valence-corrected chi connectivity index (χ3v) is 5.04. The number of amides is 1. The highest BCUT2D eigenvalue weighted by atomic mass is 16.7. The molecule has 0 saturated carbocycles. The molecule has 10 heteroatoms. The van der Waals surface area contributed by atoms with E-state index < -0.39 is 54.5 Å². The van der Waals surface area contributed by atoms with Crippen molar-refractivity contribution in [3.05, 3.63) is 42.5 Å². The van der Waals surface area contributed by atoms with Crippen LogP contribution in [0.2, 0.25) is 0 Å². The molecule has 1 heterocycles. The molecule has 1 N–H and O–H groups in total. The number of ether oxygens (including phenoxy) is 5. The Bertz CT molecular complexity index is 1070. The SMILES string of the molecule is CC(=O)N[C@@H]1[C@H](Oc2ccc3ccccc3c2)O[C@H](COC(C)=O)[C@H](OC(C)=O)[C@@H]1OC(C)=O. The fourth-order valence-electron chi connectivity index (χ4n) is 3.77. The van der Waals surface area contributed by atoms with Crippen LogP contribution in [-0.4, -0.2) is 61.1 Å². The summed E-state index contributed by atoms with van der Waals surface area (Å²) in [5.41, 5.74) is 0. The van der Waals surface area contributed by atoms with Gasteiger partial charge in [-0.1, -0.05) is 30.3 Å². The average molecular weight is 473 g/mol. The van der Waals surface area contributed by atoms with E-state index in [0.29, 0.717) is 5.75 Å². The van der Waals surface area contributed by atoms with Crippen LogP contribution in [-0.2, 0) is 38.1 Å². The largest absolute Gasteiger partial charge is 0.463 e.